The number of piperidine rings is 1. The minimum absolute atomic E-state index is 0.199. The highest BCUT2D eigenvalue weighted by Crippen LogP contribution is 2.55. The summed E-state index contributed by atoms with van der Waals surface area (Å²) < 4.78 is 5.72. The van der Waals surface area contributed by atoms with E-state index in [0.29, 0.717) is 11.5 Å². The van der Waals surface area contributed by atoms with Gasteiger partial charge in [-0.3, -0.25) is 4.90 Å². The van der Waals surface area contributed by atoms with Crippen molar-refractivity contribution >= 4 is 0 Å². The molecule has 1 aliphatic heterocycles. The summed E-state index contributed by atoms with van der Waals surface area (Å²) in [6, 6.07) is 0. The highest BCUT2D eigenvalue weighted by Gasteiger charge is 2.55. The highest BCUT2D eigenvalue weighted by atomic mass is 16.5. The second kappa shape index (κ2) is 4.87. The van der Waals surface area contributed by atoms with E-state index in [-0.39, 0.29) is 5.54 Å². The van der Waals surface area contributed by atoms with Crippen LogP contribution in [0, 0.1) is 5.41 Å². The number of rotatable bonds is 5. The van der Waals surface area contributed by atoms with Crippen LogP contribution in [-0.2, 0) is 4.74 Å². The molecule has 1 atom stereocenters. The monoisotopic (exact) mass is 240 g/mol. The molecule has 1 saturated carbocycles. The molecule has 1 heterocycles. The van der Waals surface area contributed by atoms with Crippen LogP contribution in [0.3, 0.4) is 0 Å². The molecule has 3 heteroatoms. The molecule has 0 amide bonds. The van der Waals surface area contributed by atoms with Crippen molar-refractivity contribution in [3.05, 3.63) is 0 Å². The number of ether oxygens (including phenoxy) is 1. The van der Waals surface area contributed by atoms with Gasteiger partial charge in [0.2, 0.25) is 0 Å². The summed E-state index contributed by atoms with van der Waals surface area (Å²) in [7, 11) is 0. The molecule has 3 nitrogen and oxygen atoms in total. The number of nitrogens with zero attached hydrogens (tertiary/aromatic N) is 1. The number of hydrogen-bond acceptors (Lipinski definition) is 3. The molecule has 1 unspecified atom stereocenters. The summed E-state index contributed by atoms with van der Waals surface area (Å²) in [5.74, 6) is 0. The van der Waals surface area contributed by atoms with E-state index in [2.05, 4.69) is 25.7 Å². The molecule has 0 aromatic heterocycles. The second-order valence-corrected chi connectivity index (χ2v) is 6.18. The van der Waals surface area contributed by atoms with Gasteiger partial charge in [0.05, 0.1) is 6.10 Å². The standard InChI is InChI=1S/C14H28N2O/c1-4-17-12-5-9-16(10-6-12)14(3,11-15)13(2)7-8-13/h12H,4-11,15H2,1-3H3. The molecule has 0 aromatic rings. The van der Waals surface area contributed by atoms with E-state index in [1.165, 1.54) is 25.7 Å². The van der Waals surface area contributed by atoms with Crippen LogP contribution in [0.4, 0.5) is 0 Å². The fourth-order valence-corrected chi connectivity index (χ4v) is 3.23. The van der Waals surface area contributed by atoms with Crippen molar-refractivity contribution < 1.29 is 4.74 Å². The van der Waals surface area contributed by atoms with E-state index in [1.807, 2.05) is 0 Å². The third kappa shape index (κ3) is 2.38. The summed E-state index contributed by atoms with van der Waals surface area (Å²) in [6.07, 6.45) is 5.49. The van der Waals surface area contributed by atoms with Gasteiger partial charge in [0.15, 0.2) is 0 Å². The Morgan fingerprint density at radius 3 is 2.35 bits per heavy atom. The Balaban J connectivity index is 1.94. The molecule has 0 spiro atoms. The fraction of sp³-hybridized carbons (Fsp3) is 1.00. The first-order valence-electron chi connectivity index (χ1n) is 7.12. The van der Waals surface area contributed by atoms with Gasteiger partial charge in [0.1, 0.15) is 0 Å². The molecule has 0 aromatic carbocycles. The predicted molar refractivity (Wildman–Crippen MR) is 71.0 cm³/mol. The highest BCUT2D eigenvalue weighted by molar-refractivity contribution is 5.10. The van der Waals surface area contributed by atoms with Crippen molar-refractivity contribution in [2.75, 3.05) is 26.2 Å². The maximum atomic E-state index is 6.08. The van der Waals surface area contributed by atoms with Crippen LogP contribution in [0.15, 0.2) is 0 Å². The first-order chi connectivity index (χ1) is 8.05. The van der Waals surface area contributed by atoms with E-state index in [9.17, 15) is 0 Å². The SMILES string of the molecule is CCOC1CCN(C(C)(CN)C2(C)CC2)CC1. The van der Waals surface area contributed by atoms with Gasteiger partial charge in [-0.1, -0.05) is 6.92 Å². The molecule has 1 saturated heterocycles. The zero-order valence-corrected chi connectivity index (χ0v) is 11.7. The summed E-state index contributed by atoms with van der Waals surface area (Å²) in [4.78, 5) is 2.62. The van der Waals surface area contributed by atoms with Crippen LogP contribution in [-0.4, -0.2) is 42.8 Å². The van der Waals surface area contributed by atoms with Crippen molar-refractivity contribution in [1.29, 1.82) is 0 Å². The molecule has 2 rings (SSSR count). The smallest absolute Gasteiger partial charge is 0.0599 e. The quantitative estimate of drug-likeness (QED) is 0.799. The summed E-state index contributed by atoms with van der Waals surface area (Å²) >= 11 is 0. The second-order valence-electron chi connectivity index (χ2n) is 6.18. The van der Waals surface area contributed by atoms with Crippen LogP contribution in [0.2, 0.25) is 0 Å². The van der Waals surface area contributed by atoms with E-state index < -0.39 is 0 Å². The van der Waals surface area contributed by atoms with Gasteiger partial charge in [0.25, 0.3) is 0 Å². The van der Waals surface area contributed by atoms with Crippen LogP contribution < -0.4 is 5.73 Å². The van der Waals surface area contributed by atoms with Gasteiger partial charge in [-0.2, -0.15) is 0 Å². The Kier molecular flexibility index (Phi) is 3.81. The van der Waals surface area contributed by atoms with Gasteiger partial charge < -0.3 is 10.5 Å². The average Bonchev–Trinajstić information content (AvgIpc) is 3.09. The minimum Gasteiger partial charge on any atom is -0.378 e. The van der Waals surface area contributed by atoms with Crippen LogP contribution in [0.1, 0.15) is 46.5 Å². The van der Waals surface area contributed by atoms with Crippen LogP contribution >= 0.6 is 0 Å². The van der Waals surface area contributed by atoms with Crippen molar-refractivity contribution in [2.24, 2.45) is 11.1 Å². The van der Waals surface area contributed by atoms with E-state index >= 15 is 0 Å². The van der Waals surface area contributed by atoms with Gasteiger partial charge >= 0.3 is 0 Å². The Hall–Kier alpha value is -0.120. The molecule has 0 radical (unpaired) electrons. The molecule has 0 bridgehead atoms. The molecular weight excluding hydrogens is 212 g/mol. The number of nitrogens with two attached hydrogens (primary N) is 1. The largest absolute Gasteiger partial charge is 0.378 e. The van der Waals surface area contributed by atoms with Gasteiger partial charge in [-0.25, -0.2) is 0 Å². The topological polar surface area (TPSA) is 38.5 Å². The van der Waals surface area contributed by atoms with Crippen LogP contribution in [0.5, 0.6) is 0 Å². The normalized spacial score (nSPS) is 28.9. The average molecular weight is 240 g/mol. The molecule has 2 N–H and O–H groups in total. The van der Waals surface area contributed by atoms with Gasteiger partial charge in [-0.05, 0) is 44.9 Å². The Labute approximate surface area is 106 Å². The molecule has 100 valence electrons. The first kappa shape index (κ1) is 13.3. The lowest BCUT2D eigenvalue weighted by Crippen LogP contribution is -2.59. The Bertz CT molecular complexity index is 257. The minimum atomic E-state index is 0.199. The summed E-state index contributed by atoms with van der Waals surface area (Å²) in [5.41, 5.74) is 6.74. The van der Waals surface area contributed by atoms with Gasteiger partial charge in [-0.15, -0.1) is 0 Å². The summed E-state index contributed by atoms with van der Waals surface area (Å²) in [5, 5.41) is 0. The molecule has 17 heavy (non-hydrogen) atoms. The van der Waals surface area contributed by atoms with Crippen LogP contribution in [0.25, 0.3) is 0 Å². The molecule has 1 aliphatic carbocycles. The zero-order valence-electron chi connectivity index (χ0n) is 11.7. The van der Waals surface area contributed by atoms with Crippen molar-refractivity contribution in [3.8, 4) is 0 Å². The zero-order chi connectivity index (χ0) is 12.5. The number of likely N-dealkylation sites (tertiary alicyclic amines) is 1. The lowest BCUT2D eigenvalue weighted by molar-refractivity contribution is -0.0329. The van der Waals surface area contributed by atoms with E-state index in [1.54, 1.807) is 0 Å². The van der Waals surface area contributed by atoms with E-state index in [0.717, 1.165) is 26.2 Å². The van der Waals surface area contributed by atoms with Gasteiger partial charge in [0, 0.05) is 31.8 Å². The van der Waals surface area contributed by atoms with E-state index in [4.69, 9.17) is 10.5 Å². The van der Waals surface area contributed by atoms with Crippen molar-refractivity contribution in [3.63, 3.8) is 0 Å². The van der Waals surface area contributed by atoms with Crippen molar-refractivity contribution in [2.45, 2.75) is 58.1 Å². The lowest BCUT2D eigenvalue weighted by atomic mass is 9.81. The lowest BCUT2D eigenvalue weighted by Gasteiger charge is -2.48. The fourth-order valence-electron chi connectivity index (χ4n) is 3.23. The van der Waals surface area contributed by atoms with Crippen molar-refractivity contribution in [1.82, 2.24) is 4.90 Å². The maximum Gasteiger partial charge on any atom is 0.0599 e. The molecule has 2 aliphatic rings. The number of hydrogen-bond donors (Lipinski definition) is 1. The Morgan fingerprint density at radius 2 is 1.94 bits per heavy atom. The maximum absolute atomic E-state index is 6.08. The predicted octanol–water partition coefficient (Wildman–Crippen LogP) is 2.00. The molecular formula is C14H28N2O. The molecule has 2 fully saturated rings. The third-order valence-corrected chi connectivity index (χ3v) is 5.24. The Morgan fingerprint density at radius 1 is 1.35 bits per heavy atom. The summed E-state index contributed by atoms with van der Waals surface area (Å²) in [6.45, 7) is 10.8. The first-order valence-corrected chi connectivity index (χ1v) is 7.12. The third-order valence-electron chi connectivity index (χ3n) is 5.24.